The van der Waals surface area contributed by atoms with E-state index in [2.05, 4.69) is 6.92 Å². The molecule has 106 valence electrons. The van der Waals surface area contributed by atoms with Crippen molar-refractivity contribution in [2.45, 2.75) is 25.0 Å². The fourth-order valence-corrected chi connectivity index (χ4v) is 3.35. The molecule has 4 aliphatic rings. The van der Waals surface area contributed by atoms with Crippen molar-refractivity contribution in [3.63, 3.8) is 0 Å². The maximum absolute atomic E-state index is 12.3. The summed E-state index contributed by atoms with van der Waals surface area (Å²) >= 11 is 0. The Morgan fingerprint density at radius 2 is 2.26 bits per heavy atom. The molecule has 1 spiro atoms. The van der Waals surface area contributed by atoms with E-state index in [0.29, 0.717) is 26.4 Å². The van der Waals surface area contributed by atoms with Gasteiger partial charge in [0.15, 0.2) is 11.4 Å². The molecule has 0 aromatic carbocycles. The minimum Gasteiger partial charge on any atom is -0.394 e. The van der Waals surface area contributed by atoms with Gasteiger partial charge < -0.3 is 19.3 Å². The fraction of sp³-hybridized carbons (Fsp3) is 0.786. The van der Waals surface area contributed by atoms with Crippen LogP contribution in [0.5, 0.6) is 0 Å². The van der Waals surface area contributed by atoms with Gasteiger partial charge in [0.05, 0.1) is 45.1 Å². The summed E-state index contributed by atoms with van der Waals surface area (Å²) in [5, 5.41) is 8.60. The molecule has 1 N–H and O–H groups in total. The zero-order valence-corrected chi connectivity index (χ0v) is 11.1. The van der Waals surface area contributed by atoms with Crippen molar-refractivity contribution in [3.8, 4) is 0 Å². The number of Topliss-reactive ketones (excluding diaryl/α,β-unsaturated/α-hetero) is 1. The van der Waals surface area contributed by atoms with Crippen LogP contribution in [0.15, 0.2) is 11.6 Å². The Balaban J connectivity index is 1.57. The summed E-state index contributed by atoms with van der Waals surface area (Å²) in [6.45, 7) is 3.91. The second-order valence-corrected chi connectivity index (χ2v) is 5.51. The third-order valence-electron chi connectivity index (χ3n) is 4.39. The SMILES string of the molecule is CC1=CC2C(=O)[C@]3(CO3)C1CC2OCCOCCO. The van der Waals surface area contributed by atoms with Gasteiger partial charge in [-0.3, -0.25) is 4.79 Å². The Morgan fingerprint density at radius 1 is 1.47 bits per heavy atom. The van der Waals surface area contributed by atoms with Crippen LogP contribution in [0, 0.1) is 11.8 Å². The van der Waals surface area contributed by atoms with Crippen LogP contribution in [-0.2, 0) is 19.0 Å². The zero-order valence-electron chi connectivity index (χ0n) is 11.1. The van der Waals surface area contributed by atoms with E-state index >= 15 is 0 Å². The van der Waals surface area contributed by atoms with Gasteiger partial charge in [-0.2, -0.15) is 0 Å². The Kier molecular flexibility index (Phi) is 3.47. The normalized spacial score (nSPS) is 39.8. The lowest BCUT2D eigenvalue weighted by molar-refractivity contribution is -0.142. The standard InChI is InChI=1S/C14H20O5/c1-9-6-10-12(18-5-4-17-3-2-15)7-11(9)14(8-19-14)13(10)16/h6,10-12,15H,2-5,7-8H2,1H3/t10?,11?,12?,14-/m0/s1. The highest BCUT2D eigenvalue weighted by molar-refractivity contribution is 5.96. The summed E-state index contributed by atoms with van der Waals surface area (Å²) < 4.78 is 16.4. The topological polar surface area (TPSA) is 68.3 Å². The van der Waals surface area contributed by atoms with E-state index in [1.54, 1.807) is 0 Å². The summed E-state index contributed by atoms with van der Waals surface area (Å²) in [5.74, 6) is 0.217. The van der Waals surface area contributed by atoms with Crippen LogP contribution >= 0.6 is 0 Å². The number of epoxide rings is 1. The van der Waals surface area contributed by atoms with Crippen LogP contribution in [0.3, 0.4) is 0 Å². The molecule has 0 radical (unpaired) electrons. The number of aliphatic hydroxyl groups is 1. The van der Waals surface area contributed by atoms with Crippen LogP contribution < -0.4 is 0 Å². The van der Waals surface area contributed by atoms with Crippen molar-refractivity contribution in [2.24, 2.45) is 11.8 Å². The summed E-state index contributed by atoms with van der Waals surface area (Å²) in [7, 11) is 0. The third-order valence-corrected chi connectivity index (χ3v) is 4.39. The van der Waals surface area contributed by atoms with Crippen LogP contribution in [0.4, 0.5) is 0 Å². The molecule has 1 aliphatic heterocycles. The van der Waals surface area contributed by atoms with Gasteiger partial charge >= 0.3 is 0 Å². The molecule has 3 unspecified atom stereocenters. The average Bonchev–Trinajstić information content (AvgIpc) is 3.18. The average molecular weight is 268 g/mol. The zero-order chi connectivity index (χ0) is 13.5. The Bertz CT molecular complexity index is 399. The first-order chi connectivity index (χ1) is 9.19. The van der Waals surface area contributed by atoms with E-state index < -0.39 is 5.60 Å². The first-order valence-electron chi connectivity index (χ1n) is 6.86. The molecule has 5 heteroatoms. The molecule has 5 nitrogen and oxygen atoms in total. The number of carbonyl (C=O) groups excluding carboxylic acids is 1. The molecule has 1 saturated carbocycles. The highest BCUT2D eigenvalue weighted by Gasteiger charge is 2.66. The van der Waals surface area contributed by atoms with Crippen molar-refractivity contribution in [1.82, 2.24) is 0 Å². The molecular formula is C14H20O5. The predicted molar refractivity (Wildman–Crippen MR) is 66.7 cm³/mol. The summed E-state index contributed by atoms with van der Waals surface area (Å²) in [5.41, 5.74) is 0.759. The lowest BCUT2D eigenvalue weighted by Crippen LogP contribution is -2.53. The van der Waals surface area contributed by atoms with E-state index in [-0.39, 0.29) is 30.3 Å². The van der Waals surface area contributed by atoms with Gasteiger partial charge in [-0.05, 0) is 13.3 Å². The summed E-state index contributed by atoms with van der Waals surface area (Å²) in [6, 6.07) is 0. The Hall–Kier alpha value is -0.750. The van der Waals surface area contributed by atoms with E-state index in [9.17, 15) is 4.79 Å². The maximum atomic E-state index is 12.3. The van der Waals surface area contributed by atoms with Crippen molar-refractivity contribution >= 4 is 5.78 Å². The molecule has 1 heterocycles. The van der Waals surface area contributed by atoms with Gasteiger partial charge in [-0.15, -0.1) is 0 Å². The minimum atomic E-state index is -0.503. The van der Waals surface area contributed by atoms with Crippen molar-refractivity contribution in [1.29, 1.82) is 0 Å². The lowest BCUT2D eigenvalue weighted by Gasteiger charge is -2.43. The van der Waals surface area contributed by atoms with Gasteiger partial charge in [-0.25, -0.2) is 0 Å². The highest BCUT2D eigenvalue weighted by atomic mass is 16.6. The molecule has 0 aromatic rings. The Morgan fingerprint density at radius 3 is 2.95 bits per heavy atom. The first kappa shape index (κ1) is 13.2. The molecule has 4 rings (SSSR count). The maximum Gasteiger partial charge on any atom is 0.177 e. The first-order valence-corrected chi connectivity index (χ1v) is 6.86. The van der Waals surface area contributed by atoms with Crippen molar-refractivity contribution < 1.29 is 24.1 Å². The number of hydrogen-bond donors (Lipinski definition) is 1. The van der Waals surface area contributed by atoms with E-state index in [4.69, 9.17) is 19.3 Å². The largest absolute Gasteiger partial charge is 0.394 e. The van der Waals surface area contributed by atoms with Crippen molar-refractivity contribution in [2.75, 3.05) is 33.0 Å². The highest BCUT2D eigenvalue weighted by Crippen LogP contribution is 2.53. The molecule has 19 heavy (non-hydrogen) atoms. The number of aliphatic hydroxyl groups excluding tert-OH is 1. The third kappa shape index (κ3) is 2.14. The fourth-order valence-electron chi connectivity index (χ4n) is 3.35. The van der Waals surface area contributed by atoms with E-state index in [0.717, 1.165) is 6.42 Å². The molecule has 2 bridgehead atoms. The van der Waals surface area contributed by atoms with Crippen LogP contribution in [0.1, 0.15) is 13.3 Å². The second-order valence-electron chi connectivity index (χ2n) is 5.51. The minimum absolute atomic E-state index is 0.0222. The van der Waals surface area contributed by atoms with Crippen LogP contribution in [0.2, 0.25) is 0 Å². The lowest BCUT2D eigenvalue weighted by atomic mass is 9.63. The van der Waals surface area contributed by atoms with Gasteiger partial charge in [0, 0.05) is 5.92 Å². The van der Waals surface area contributed by atoms with Gasteiger partial charge in [0.1, 0.15) is 0 Å². The van der Waals surface area contributed by atoms with Crippen LogP contribution in [0.25, 0.3) is 0 Å². The van der Waals surface area contributed by atoms with Crippen LogP contribution in [-0.4, -0.2) is 55.6 Å². The van der Waals surface area contributed by atoms with Gasteiger partial charge in [0.25, 0.3) is 0 Å². The number of hydrogen-bond acceptors (Lipinski definition) is 5. The van der Waals surface area contributed by atoms with Crippen molar-refractivity contribution in [3.05, 3.63) is 11.6 Å². The summed E-state index contributed by atoms with van der Waals surface area (Å²) in [6.07, 6.45) is 2.86. The molecule has 4 atom stereocenters. The molecule has 3 aliphatic carbocycles. The quantitative estimate of drug-likeness (QED) is 0.427. The summed E-state index contributed by atoms with van der Waals surface area (Å²) in [4.78, 5) is 12.3. The van der Waals surface area contributed by atoms with Gasteiger partial charge in [-0.1, -0.05) is 11.6 Å². The van der Waals surface area contributed by atoms with E-state index in [1.165, 1.54) is 5.57 Å². The molecule has 2 fully saturated rings. The smallest absolute Gasteiger partial charge is 0.177 e. The Labute approximate surface area is 112 Å². The molecule has 0 aromatic heterocycles. The number of ketones is 1. The van der Waals surface area contributed by atoms with Gasteiger partial charge in [0.2, 0.25) is 0 Å². The van der Waals surface area contributed by atoms with E-state index in [1.807, 2.05) is 6.08 Å². The number of fused-ring (bicyclic) bond motifs is 1. The molecule has 0 amide bonds. The number of carbonyl (C=O) groups is 1. The number of rotatable bonds is 6. The molecular weight excluding hydrogens is 248 g/mol. The molecule has 1 saturated heterocycles. The number of ether oxygens (including phenoxy) is 3. The second kappa shape index (κ2) is 4.98. The predicted octanol–water partition coefficient (Wildman–Crippen LogP) is 0.315. The monoisotopic (exact) mass is 268 g/mol.